The summed E-state index contributed by atoms with van der Waals surface area (Å²) < 4.78 is 6.45. The second kappa shape index (κ2) is 5.28. The molecule has 4 aromatic rings. The van der Waals surface area contributed by atoms with E-state index in [-0.39, 0.29) is 6.17 Å². The molecular weight excluding hydrogens is 320 g/mol. The number of benzene rings is 3. The van der Waals surface area contributed by atoms with Gasteiger partial charge in [0.25, 0.3) is 0 Å². The van der Waals surface area contributed by atoms with Gasteiger partial charge in [-0.1, -0.05) is 42.5 Å². The number of rotatable bonds is 1. The maximum atomic E-state index is 6.45. The van der Waals surface area contributed by atoms with E-state index in [4.69, 9.17) is 4.42 Å². The highest BCUT2D eigenvalue weighted by atomic mass is 16.3. The van der Waals surface area contributed by atoms with Crippen molar-refractivity contribution in [2.24, 2.45) is 0 Å². The number of aryl methyl sites for hydroxylation is 2. The molecule has 0 radical (unpaired) electrons. The van der Waals surface area contributed by atoms with Gasteiger partial charge >= 0.3 is 0 Å². The predicted molar refractivity (Wildman–Crippen MR) is 110 cm³/mol. The van der Waals surface area contributed by atoms with E-state index in [1.807, 2.05) is 0 Å². The fraction of sp³-hybridized carbons (Fsp3) is 0.217. The summed E-state index contributed by atoms with van der Waals surface area (Å²) in [5.41, 5.74) is 8.02. The molecule has 0 spiro atoms. The van der Waals surface area contributed by atoms with Gasteiger partial charge in [0, 0.05) is 17.8 Å². The molecular formula is C23H22N2O. The summed E-state index contributed by atoms with van der Waals surface area (Å²) in [4.78, 5) is 4.73. The van der Waals surface area contributed by atoms with E-state index in [1.54, 1.807) is 0 Å². The average molecular weight is 342 g/mol. The lowest BCUT2D eigenvalue weighted by molar-refractivity contribution is 0.658. The van der Waals surface area contributed by atoms with Crippen LogP contribution in [-0.2, 0) is 0 Å². The van der Waals surface area contributed by atoms with E-state index >= 15 is 0 Å². The van der Waals surface area contributed by atoms with Gasteiger partial charge < -0.3 is 14.2 Å². The van der Waals surface area contributed by atoms with E-state index < -0.39 is 0 Å². The van der Waals surface area contributed by atoms with Crippen LogP contribution in [0.3, 0.4) is 0 Å². The molecule has 0 aliphatic carbocycles. The minimum atomic E-state index is 0.228. The van der Waals surface area contributed by atoms with Gasteiger partial charge in [-0.2, -0.15) is 0 Å². The highest BCUT2D eigenvalue weighted by Crippen LogP contribution is 2.48. The van der Waals surface area contributed by atoms with Gasteiger partial charge in [-0.25, -0.2) is 0 Å². The fourth-order valence-corrected chi connectivity index (χ4v) is 4.24. The van der Waals surface area contributed by atoms with Crippen molar-refractivity contribution in [1.29, 1.82) is 0 Å². The Morgan fingerprint density at radius 2 is 1.50 bits per heavy atom. The molecule has 0 fully saturated rings. The van der Waals surface area contributed by atoms with Crippen molar-refractivity contribution in [3.05, 3.63) is 65.7 Å². The number of hydrogen-bond donors (Lipinski definition) is 0. The summed E-state index contributed by atoms with van der Waals surface area (Å²) in [5, 5.41) is 2.37. The van der Waals surface area contributed by atoms with E-state index in [0.29, 0.717) is 0 Å². The Hall–Kier alpha value is -2.94. The quantitative estimate of drug-likeness (QED) is 0.414. The average Bonchev–Trinajstić information content (AvgIpc) is 3.14. The van der Waals surface area contributed by atoms with E-state index in [9.17, 15) is 0 Å². The largest absolute Gasteiger partial charge is 0.454 e. The molecule has 130 valence electrons. The standard InChI is InChI=1S/C23H22N2O/c1-14-12-13-18-17-9-7-8-15(2)22(17)26-23(18)21(14)25-16(3)24(4)19-10-5-6-11-20(19)25/h5-13,16H,1-4H3/t16-/m1/s1. The Balaban J connectivity index is 1.86. The number of furan rings is 1. The van der Waals surface area contributed by atoms with Crippen molar-refractivity contribution in [2.75, 3.05) is 16.8 Å². The molecule has 3 heteroatoms. The van der Waals surface area contributed by atoms with Crippen molar-refractivity contribution < 1.29 is 4.42 Å². The van der Waals surface area contributed by atoms with Crippen molar-refractivity contribution >= 4 is 39.0 Å². The normalized spacial score (nSPS) is 16.7. The first-order chi connectivity index (χ1) is 12.6. The molecule has 0 amide bonds. The first kappa shape index (κ1) is 15.3. The summed E-state index contributed by atoms with van der Waals surface area (Å²) >= 11 is 0. The molecule has 0 N–H and O–H groups in total. The highest BCUT2D eigenvalue weighted by molar-refractivity contribution is 6.11. The summed E-state index contributed by atoms with van der Waals surface area (Å²) in [6.07, 6.45) is 0.228. The molecule has 1 aromatic heterocycles. The molecule has 0 saturated carbocycles. The van der Waals surface area contributed by atoms with Crippen LogP contribution in [-0.4, -0.2) is 13.2 Å². The van der Waals surface area contributed by atoms with E-state index in [1.165, 1.54) is 39.0 Å². The van der Waals surface area contributed by atoms with Gasteiger partial charge in [0.2, 0.25) is 0 Å². The molecule has 5 rings (SSSR count). The fourth-order valence-electron chi connectivity index (χ4n) is 4.24. The zero-order valence-electron chi connectivity index (χ0n) is 15.6. The zero-order chi connectivity index (χ0) is 18.0. The highest BCUT2D eigenvalue weighted by Gasteiger charge is 2.33. The molecule has 1 aliphatic rings. The van der Waals surface area contributed by atoms with E-state index in [2.05, 4.69) is 92.2 Å². The number of para-hydroxylation sites is 3. The van der Waals surface area contributed by atoms with Crippen LogP contribution in [0.1, 0.15) is 18.1 Å². The van der Waals surface area contributed by atoms with Gasteiger partial charge in [-0.3, -0.25) is 0 Å². The Morgan fingerprint density at radius 1 is 0.769 bits per heavy atom. The van der Waals surface area contributed by atoms with Gasteiger partial charge in [0.15, 0.2) is 5.58 Å². The number of fused-ring (bicyclic) bond motifs is 4. The van der Waals surface area contributed by atoms with Crippen molar-refractivity contribution in [3.63, 3.8) is 0 Å². The second-order valence-electron chi connectivity index (χ2n) is 7.26. The van der Waals surface area contributed by atoms with Gasteiger partial charge in [0.1, 0.15) is 11.7 Å². The van der Waals surface area contributed by atoms with Crippen LogP contribution in [0.15, 0.2) is 59.0 Å². The summed E-state index contributed by atoms with van der Waals surface area (Å²) in [7, 11) is 2.15. The molecule has 3 aromatic carbocycles. The lowest BCUT2D eigenvalue weighted by Gasteiger charge is -2.29. The Kier molecular flexibility index (Phi) is 3.11. The van der Waals surface area contributed by atoms with E-state index in [0.717, 1.165) is 11.2 Å². The maximum absolute atomic E-state index is 6.45. The number of anilines is 3. The monoisotopic (exact) mass is 342 g/mol. The minimum Gasteiger partial charge on any atom is -0.454 e. The number of hydrogen-bond acceptors (Lipinski definition) is 3. The van der Waals surface area contributed by atoms with Crippen LogP contribution in [0.5, 0.6) is 0 Å². The van der Waals surface area contributed by atoms with Gasteiger partial charge in [0.05, 0.1) is 17.1 Å². The molecule has 3 nitrogen and oxygen atoms in total. The first-order valence-corrected chi connectivity index (χ1v) is 9.10. The Bertz CT molecular complexity index is 1160. The summed E-state index contributed by atoms with van der Waals surface area (Å²) in [6.45, 7) is 6.52. The lowest BCUT2D eigenvalue weighted by Crippen LogP contribution is -2.36. The van der Waals surface area contributed by atoms with Crippen molar-refractivity contribution in [2.45, 2.75) is 26.9 Å². The first-order valence-electron chi connectivity index (χ1n) is 9.10. The van der Waals surface area contributed by atoms with Crippen LogP contribution in [0.25, 0.3) is 21.9 Å². The van der Waals surface area contributed by atoms with Gasteiger partial charge in [-0.05, 0) is 44.0 Å². The SMILES string of the molecule is Cc1ccc2c(oc3c(C)cccc32)c1N1c2ccccc2N(C)[C@H]1C. The number of nitrogens with zero attached hydrogens (tertiary/aromatic N) is 2. The van der Waals surface area contributed by atoms with Gasteiger partial charge in [-0.15, -0.1) is 0 Å². The third-order valence-electron chi connectivity index (χ3n) is 5.74. The Labute approximate surface area is 153 Å². The van der Waals surface area contributed by atoms with Crippen LogP contribution in [0.4, 0.5) is 17.1 Å². The maximum Gasteiger partial charge on any atom is 0.159 e. The van der Waals surface area contributed by atoms with Crippen LogP contribution >= 0.6 is 0 Å². The van der Waals surface area contributed by atoms with Crippen molar-refractivity contribution in [3.8, 4) is 0 Å². The lowest BCUT2D eigenvalue weighted by atomic mass is 10.1. The second-order valence-corrected chi connectivity index (χ2v) is 7.26. The van der Waals surface area contributed by atoms with Crippen LogP contribution in [0.2, 0.25) is 0 Å². The molecule has 0 unspecified atom stereocenters. The van der Waals surface area contributed by atoms with Crippen molar-refractivity contribution in [1.82, 2.24) is 0 Å². The summed E-state index contributed by atoms with van der Waals surface area (Å²) in [6, 6.07) is 19.4. The topological polar surface area (TPSA) is 19.6 Å². The molecule has 0 bridgehead atoms. The molecule has 0 saturated heterocycles. The summed E-state index contributed by atoms with van der Waals surface area (Å²) in [5.74, 6) is 0. The smallest absolute Gasteiger partial charge is 0.159 e. The third kappa shape index (κ3) is 1.88. The van der Waals surface area contributed by atoms with Crippen LogP contribution in [0, 0.1) is 13.8 Å². The molecule has 1 atom stereocenters. The Morgan fingerprint density at radius 3 is 2.31 bits per heavy atom. The molecule has 1 aliphatic heterocycles. The zero-order valence-corrected chi connectivity index (χ0v) is 15.6. The minimum absolute atomic E-state index is 0.228. The molecule has 26 heavy (non-hydrogen) atoms. The molecule has 2 heterocycles. The third-order valence-corrected chi connectivity index (χ3v) is 5.74. The predicted octanol–water partition coefficient (Wildman–Crippen LogP) is 6.14. The van der Waals surface area contributed by atoms with Crippen LogP contribution < -0.4 is 9.80 Å².